The molecule has 0 radical (unpaired) electrons. The van der Waals surface area contributed by atoms with Gasteiger partial charge in [-0.1, -0.05) is 6.07 Å². The number of hydrogen-bond acceptors (Lipinski definition) is 3. The van der Waals surface area contributed by atoms with Crippen LogP contribution >= 0.6 is 0 Å². The first-order chi connectivity index (χ1) is 7.45. The lowest BCUT2D eigenvalue weighted by atomic mass is 10.2. The zero-order valence-corrected chi connectivity index (χ0v) is 7.91. The van der Waals surface area contributed by atoms with Gasteiger partial charge in [-0.25, -0.2) is 0 Å². The third-order valence-corrected chi connectivity index (χ3v) is 2.26. The quantitative estimate of drug-likeness (QED) is 0.596. The van der Waals surface area contributed by atoms with Crippen LogP contribution in [0.1, 0.15) is 0 Å². The van der Waals surface area contributed by atoms with E-state index in [1.165, 1.54) is 0 Å². The van der Waals surface area contributed by atoms with E-state index in [-0.39, 0.29) is 0 Å². The van der Waals surface area contributed by atoms with Crippen molar-refractivity contribution in [3.05, 3.63) is 49.1 Å². The molecule has 0 unspecified atom stereocenters. The summed E-state index contributed by atoms with van der Waals surface area (Å²) in [6.07, 6.45) is 5.37. The zero-order valence-electron chi connectivity index (χ0n) is 7.91. The van der Waals surface area contributed by atoms with E-state index in [4.69, 9.17) is 0 Å². The first-order valence-electron chi connectivity index (χ1n) is 4.65. The second-order valence-corrected chi connectivity index (χ2v) is 3.20. The minimum atomic E-state index is 0.830. The molecule has 0 aromatic carbocycles. The Morgan fingerprint density at radius 1 is 1.07 bits per heavy atom. The van der Waals surface area contributed by atoms with Crippen LogP contribution < -0.4 is 0 Å². The molecule has 72 valence electrons. The summed E-state index contributed by atoms with van der Waals surface area (Å²) in [6.45, 7) is 0. The minimum Gasteiger partial charge on any atom is -0.288 e. The van der Waals surface area contributed by atoms with Crippen LogP contribution in [0.25, 0.3) is 16.9 Å². The first kappa shape index (κ1) is 8.11. The van der Waals surface area contributed by atoms with Crippen molar-refractivity contribution in [1.29, 1.82) is 0 Å². The SMILES string of the molecule is c1ccc(-c2cccn3cnnc23)nc1. The highest BCUT2D eigenvalue weighted by atomic mass is 15.2. The van der Waals surface area contributed by atoms with Crippen LogP contribution in [-0.4, -0.2) is 19.6 Å². The summed E-state index contributed by atoms with van der Waals surface area (Å²) >= 11 is 0. The maximum Gasteiger partial charge on any atom is 0.170 e. The van der Waals surface area contributed by atoms with Crippen LogP contribution in [0.2, 0.25) is 0 Å². The molecule has 4 nitrogen and oxygen atoms in total. The summed E-state index contributed by atoms with van der Waals surface area (Å²) in [4.78, 5) is 4.30. The van der Waals surface area contributed by atoms with E-state index in [1.807, 2.05) is 40.9 Å². The van der Waals surface area contributed by atoms with Gasteiger partial charge < -0.3 is 0 Å². The van der Waals surface area contributed by atoms with Gasteiger partial charge in [-0.15, -0.1) is 10.2 Å². The predicted molar refractivity (Wildman–Crippen MR) is 56.2 cm³/mol. The Labute approximate surface area is 86.2 Å². The molecule has 3 aromatic rings. The molecule has 0 fully saturated rings. The van der Waals surface area contributed by atoms with Gasteiger partial charge in [-0.05, 0) is 24.3 Å². The van der Waals surface area contributed by atoms with Crippen molar-refractivity contribution in [2.45, 2.75) is 0 Å². The molecule has 0 saturated carbocycles. The van der Waals surface area contributed by atoms with Crippen molar-refractivity contribution in [3.8, 4) is 11.3 Å². The highest BCUT2D eigenvalue weighted by Gasteiger charge is 2.05. The second-order valence-electron chi connectivity index (χ2n) is 3.20. The molecule has 0 spiro atoms. The number of rotatable bonds is 1. The van der Waals surface area contributed by atoms with Gasteiger partial charge in [0.25, 0.3) is 0 Å². The fourth-order valence-corrected chi connectivity index (χ4v) is 1.57. The lowest BCUT2D eigenvalue weighted by Gasteiger charge is -2.00. The van der Waals surface area contributed by atoms with Crippen LogP contribution in [-0.2, 0) is 0 Å². The Balaban J connectivity index is 2.31. The summed E-state index contributed by atoms with van der Waals surface area (Å²) in [7, 11) is 0. The Hall–Kier alpha value is -2.23. The van der Waals surface area contributed by atoms with E-state index in [9.17, 15) is 0 Å². The summed E-state index contributed by atoms with van der Waals surface area (Å²) in [5, 5.41) is 7.94. The van der Waals surface area contributed by atoms with E-state index in [0.29, 0.717) is 0 Å². The smallest absolute Gasteiger partial charge is 0.170 e. The van der Waals surface area contributed by atoms with Crippen LogP contribution in [0.15, 0.2) is 49.1 Å². The van der Waals surface area contributed by atoms with Crippen molar-refractivity contribution < 1.29 is 0 Å². The van der Waals surface area contributed by atoms with E-state index in [0.717, 1.165) is 16.9 Å². The van der Waals surface area contributed by atoms with E-state index in [1.54, 1.807) is 12.5 Å². The maximum absolute atomic E-state index is 4.30. The topological polar surface area (TPSA) is 43.1 Å². The van der Waals surface area contributed by atoms with Gasteiger partial charge in [-0.3, -0.25) is 9.38 Å². The highest BCUT2D eigenvalue weighted by molar-refractivity contribution is 5.74. The van der Waals surface area contributed by atoms with Gasteiger partial charge in [0.2, 0.25) is 0 Å². The van der Waals surface area contributed by atoms with Crippen LogP contribution in [0.5, 0.6) is 0 Å². The van der Waals surface area contributed by atoms with Crippen molar-refractivity contribution >= 4 is 5.65 Å². The summed E-state index contributed by atoms with van der Waals surface area (Å²) < 4.78 is 1.88. The van der Waals surface area contributed by atoms with Gasteiger partial charge >= 0.3 is 0 Å². The molecule has 0 bridgehead atoms. The molecule has 0 saturated heterocycles. The minimum absolute atomic E-state index is 0.830. The molecule has 15 heavy (non-hydrogen) atoms. The molecular formula is C11H8N4. The van der Waals surface area contributed by atoms with Gasteiger partial charge in [0.15, 0.2) is 5.65 Å². The second kappa shape index (κ2) is 3.16. The zero-order chi connectivity index (χ0) is 10.1. The highest BCUT2D eigenvalue weighted by Crippen LogP contribution is 2.19. The molecule has 0 N–H and O–H groups in total. The molecular weight excluding hydrogens is 188 g/mol. The monoisotopic (exact) mass is 196 g/mol. The average Bonchev–Trinajstić information content (AvgIpc) is 2.78. The fourth-order valence-electron chi connectivity index (χ4n) is 1.57. The Kier molecular flexibility index (Phi) is 1.71. The standard InChI is InChI=1S/C11H8N4/c1-2-6-12-10(5-1)9-4-3-7-15-8-13-14-11(9)15/h1-8H. The van der Waals surface area contributed by atoms with Gasteiger partial charge in [0.05, 0.1) is 5.69 Å². The van der Waals surface area contributed by atoms with Crippen molar-refractivity contribution in [2.24, 2.45) is 0 Å². The molecule has 0 aliphatic rings. The van der Waals surface area contributed by atoms with Crippen LogP contribution in [0.4, 0.5) is 0 Å². The molecule has 3 heterocycles. The molecule has 0 aliphatic heterocycles. The average molecular weight is 196 g/mol. The Bertz CT molecular complexity index is 586. The number of pyridine rings is 2. The van der Waals surface area contributed by atoms with Crippen molar-refractivity contribution in [3.63, 3.8) is 0 Å². The predicted octanol–water partition coefficient (Wildman–Crippen LogP) is 1.79. The number of aromatic nitrogens is 4. The fraction of sp³-hybridized carbons (Fsp3) is 0. The van der Waals surface area contributed by atoms with Gasteiger partial charge in [-0.2, -0.15) is 0 Å². The molecule has 3 aromatic heterocycles. The van der Waals surface area contributed by atoms with Crippen LogP contribution in [0, 0.1) is 0 Å². The summed E-state index contributed by atoms with van der Waals surface area (Å²) in [5.74, 6) is 0. The van der Waals surface area contributed by atoms with E-state index in [2.05, 4.69) is 15.2 Å². The van der Waals surface area contributed by atoms with E-state index < -0.39 is 0 Å². The van der Waals surface area contributed by atoms with E-state index >= 15 is 0 Å². The number of nitrogens with zero attached hydrogens (tertiary/aromatic N) is 4. The molecule has 0 atom stereocenters. The lowest BCUT2D eigenvalue weighted by molar-refractivity contribution is 1.10. The molecule has 0 amide bonds. The summed E-state index contributed by atoms with van der Waals surface area (Å²) in [6, 6.07) is 9.77. The normalized spacial score (nSPS) is 10.7. The third-order valence-electron chi connectivity index (χ3n) is 2.26. The van der Waals surface area contributed by atoms with Gasteiger partial charge in [0.1, 0.15) is 6.33 Å². The maximum atomic E-state index is 4.30. The van der Waals surface area contributed by atoms with Crippen LogP contribution in [0.3, 0.4) is 0 Å². The molecule has 3 rings (SSSR count). The summed E-state index contributed by atoms with van der Waals surface area (Å²) in [5.41, 5.74) is 2.74. The number of hydrogen-bond donors (Lipinski definition) is 0. The largest absolute Gasteiger partial charge is 0.288 e. The molecule has 4 heteroatoms. The third kappa shape index (κ3) is 1.27. The van der Waals surface area contributed by atoms with Gasteiger partial charge in [0, 0.05) is 18.0 Å². The molecule has 0 aliphatic carbocycles. The van der Waals surface area contributed by atoms with Crippen molar-refractivity contribution in [1.82, 2.24) is 19.6 Å². The first-order valence-corrected chi connectivity index (χ1v) is 4.65. The van der Waals surface area contributed by atoms with Crippen molar-refractivity contribution in [2.75, 3.05) is 0 Å². The number of fused-ring (bicyclic) bond motifs is 1. The Morgan fingerprint density at radius 2 is 2.07 bits per heavy atom. The Morgan fingerprint density at radius 3 is 2.93 bits per heavy atom. The lowest BCUT2D eigenvalue weighted by Crippen LogP contribution is -1.88.